The molecule has 1 amide bonds. The molecule has 0 bridgehead atoms. The fourth-order valence-corrected chi connectivity index (χ4v) is 3.56. The Balaban J connectivity index is 1.62. The monoisotopic (exact) mass is 458 g/mol. The first-order valence-electron chi connectivity index (χ1n) is 9.14. The van der Waals surface area contributed by atoms with Crippen molar-refractivity contribution in [2.24, 2.45) is 0 Å². The Morgan fingerprint density at radius 1 is 1.23 bits per heavy atom. The number of nitrogens with zero attached hydrogens (tertiary/aromatic N) is 3. The average molecular weight is 459 g/mol. The van der Waals surface area contributed by atoms with Gasteiger partial charge in [0.2, 0.25) is 5.91 Å². The molecule has 10 heteroatoms. The summed E-state index contributed by atoms with van der Waals surface area (Å²) in [6.07, 6.45) is 1.70. The Bertz CT molecular complexity index is 1100. The second-order valence-electron chi connectivity index (χ2n) is 6.24. The van der Waals surface area contributed by atoms with Crippen molar-refractivity contribution in [3.8, 4) is 5.75 Å². The Morgan fingerprint density at radius 2 is 2.03 bits per heavy atom. The van der Waals surface area contributed by atoms with E-state index in [2.05, 4.69) is 22.1 Å². The van der Waals surface area contributed by atoms with Gasteiger partial charge in [-0.3, -0.25) is 9.36 Å². The highest BCUT2D eigenvalue weighted by atomic mass is 35.5. The van der Waals surface area contributed by atoms with Crippen molar-refractivity contribution < 1.29 is 19.4 Å². The first-order chi connectivity index (χ1) is 15.0. The predicted molar refractivity (Wildman–Crippen MR) is 119 cm³/mol. The molecule has 2 N–H and O–H groups in total. The third-order valence-corrected chi connectivity index (χ3v) is 5.30. The molecule has 0 saturated carbocycles. The van der Waals surface area contributed by atoms with Crippen molar-refractivity contribution in [2.45, 2.75) is 18.3 Å². The van der Waals surface area contributed by atoms with Crippen molar-refractivity contribution in [1.82, 2.24) is 14.8 Å². The minimum Gasteiger partial charge on any atom is -0.484 e. The Kier molecular flexibility index (Phi) is 7.69. The van der Waals surface area contributed by atoms with Crippen LogP contribution in [0.2, 0.25) is 5.02 Å². The molecule has 3 rings (SSSR count). The highest BCUT2D eigenvalue weighted by Gasteiger charge is 2.15. The minimum atomic E-state index is -1.06. The largest absolute Gasteiger partial charge is 0.484 e. The van der Waals surface area contributed by atoms with E-state index in [0.717, 1.165) is 0 Å². The standard InChI is InChI=1S/C21H19ClN4O4S/c1-2-10-26-18(12-30-17-9-4-3-8-16(17)22)24-25-21(26)31-13-19(27)23-15-7-5-6-14(11-15)20(28)29/h2-9,11H,1,10,12-13H2,(H,23,27)(H,28,29). The number of rotatable bonds is 10. The fraction of sp³-hybridized carbons (Fsp3) is 0.143. The SMILES string of the molecule is C=CCn1c(COc2ccccc2Cl)nnc1SCC(=O)Nc1cccc(C(=O)O)c1. The number of benzene rings is 2. The lowest BCUT2D eigenvalue weighted by atomic mass is 10.2. The van der Waals surface area contributed by atoms with Crippen molar-refractivity contribution in [3.63, 3.8) is 0 Å². The van der Waals surface area contributed by atoms with Crippen LogP contribution in [-0.2, 0) is 17.9 Å². The zero-order valence-electron chi connectivity index (χ0n) is 16.3. The minimum absolute atomic E-state index is 0.0674. The van der Waals surface area contributed by atoms with Crippen LogP contribution < -0.4 is 10.1 Å². The van der Waals surface area contributed by atoms with Crippen LogP contribution in [0.1, 0.15) is 16.2 Å². The lowest BCUT2D eigenvalue weighted by Crippen LogP contribution is -2.15. The third kappa shape index (κ3) is 6.09. The molecule has 0 radical (unpaired) electrons. The van der Waals surface area contributed by atoms with Crippen LogP contribution in [0.5, 0.6) is 5.75 Å². The maximum atomic E-state index is 12.3. The van der Waals surface area contributed by atoms with Crippen LogP contribution >= 0.6 is 23.4 Å². The number of para-hydroxylation sites is 1. The van der Waals surface area contributed by atoms with Crippen LogP contribution in [0.3, 0.4) is 0 Å². The summed E-state index contributed by atoms with van der Waals surface area (Å²) in [5.74, 6) is -0.187. The first kappa shape index (κ1) is 22.4. The number of carbonyl (C=O) groups excluding carboxylic acids is 1. The Hall–Kier alpha value is -3.30. The molecule has 0 saturated heterocycles. The number of carboxylic acid groups (broad SMARTS) is 1. The second kappa shape index (κ2) is 10.6. The molecule has 2 aromatic carbocycles. The number of carbonyl (C=O) groups is 2. The van der Waals surface area contributed by atoms with E-state index in [4.69, 9.17) is 21.4 Å². The van der Waals surface area contributed by atoms with E-state index in [1.807, 2.05) is 12.1 Å². The van der Waals surface area contributed by atoms with Gasteiger partial charge in [-0.15, -0.1) is 16.8 Å². The van der Waals surface area contributed by atoms with Crippen molar-refractivity contribution >= 4 is 40.9 Å². The van der Waals surface area contributed by atoms with Gasteiger partial charge in [-0.25, -0.2) is 4.79 Å². The van der Waals surface area contributed by atoms with Gasteiger partial charge >= 0.3 is 5.97 Å². The molecule has 160 valence electrons. The number of nitrogens with one attached hydrogen (secondary N) is 1. The molecule has 0 aliphatic carbocycles. The number of thioether (sulfide) groups is 1. The van der Waals surface area contributed by atoms with Crippen molar-refractivity contribution in [2.75, 3.05) is 11.1 Å². The summed E-state index contributed by atoms with van der Waals surface area (Å²) in [5, 5.41) is 21.1. The molecular weight excluding hydrogens is 440 g/mol. The highest BCUT2D eigenvalue weighted by molar-refractivity contribution is 7.99. The molecule has 0 aliphatic heterocycles. The van der Waals surface area contributed by atoms with Crippen LogP contribution in [-0.4, -0.2) is 37.5 Å². The molecule has 1 aromatic heterocycles. The van der Waals surface area contributed by atoms with Crippen molar-refractivity contribution in [3.05, 3.63) is 77.6 Å². The molecule has 1 heterocycles. The van der Waals surface area contributed by atoms with E-state index in [1.165, 1.54) is 23.9 Å². The summed E-state index contributed by atoms with van der Waals surface area (Å²) >= 11 is 7.31. The zero-order valence-corrected chi connectivity index (χ0v) is 17.9. The number of halogens is 1. The van der Waals surface area contributed by atoms with Gasteiger partial charge in [-0.2, -0.15) is 0 Å². The van der Waals surface area contributed by atoms with Gasteiger partial charge in [0.15, 0.2) is 11.0 Å². The maximum absolute atomic E-state index is 12.3. The predicted octanol–water partition coefficient (Wildman–Crippen LogP) is 4.13. The smallest absolute Gasteiger partial charge is 0.335 e. The van der Waals surface area contributed by atoms with Gasteiger partial charge in [-0.1, -0.05) is 47.6 Å². The third-order valence-electron chi connectivity index (χ3n) is 4.02. The molecule has 0 aliphatic rings. The number of ether oxygens (including phenoxy) is 1. The quantitative estimate of drug-likeness (QED) is 0.347. The van der Waals surface area contributed by atoms with Gasteiger partial charge in [0.05, 0.1) is 16.3 Å². The van der Waals surface area contributed by atoms with E-state index >= 15 is 0 Å². The van der Waals surface area contributed by atoms with Gasteiger partial charge in [0.1, 0.15) is 12.4 Å². The Morgan fingerprint density at radius 3 is 2.77 bits per heavy atom. The summed E-state index contributed by atoms with van der Waals surface area (Å²) in [6.45, 7) is 4.34. The summed E-state index contributed by atoms with van der Waals surface area (Å²) in [4.78, 5) is 23.3. The van der Waals surface area contributed by atoms with Gasteiger partial charge in [-0.05, 0) is 30.3 Å². The van der Waals surface area contributed by atoms with E-state index in [9.17, 15) is 9.59 Å². The van der Waals surface area contributed by atoms with Crippen LogP contribution in [0.25, 0.3) is 0 Å². The van der Waals surface area contributed by atoms with Gasteiger partial charge in [0, 0.05) is 12.2 Å². The topological polar surface area (TPSA) is 106 Å². The maximum Gasteiger partial charge on any atom is 0.335 e. The number of anilines is 1. The number of hydrogen-bond acceptors (Lipinski definition) is 6. The van der Waals surface area contributed by atoms with Crippen LogP contribution in [0, 0.1) is 0 Å². The summed E-state index contributed by atoms with van der Waals surface area (Å²) < 4.78 is 7.53. The molecule has 0 atom stereocenters. The molecule has 3 aromatic rings. The molecule has 0 spiro atoms. The van der Waals surface area contributed by atoms with E-state index in [-0.39, 0.29) is 23.8 Å². The second-order valence-corrected chi connectivity index (χ2v) is 7.59. The summed E-state index contributed by atoms with van der Waals surface area (Å²) in [6, 6.07) is 13.2. The van der Waals surface area contributed by atoms with Crippen molar-refractivity contribution in [1.29, 1.82) is 0 Å². The number of amides is 1. The van der Waals surface area contributed by atoms with Crippen LogP contribution in [0.15, 0.2) is 66.3 Å². The molecule has 0 unspecified atom stereocenters. The van der Waals surface area contributed by atoms with E-state index < -0.39 is 5.97 Å². The number of carboxylic acids is 1. The Labute approximate surface area is 187 Å². The lowest BCUT2D eigenvalue weighted by molar-refractivity contribution is -0.113. The van der Waals surface area contributed by atoms with Crippen LogP contribution in [0.4, 0.5) is 5.69 Å². The molecule has 31 heavy (non-hydrogen) atoms. The molecule has 0 fully saturated rings. The van der Waals surface area contributed by atoms with Gasteiger partial charge in [0.25, 0.3) is 0 Å². The van der Waals surface area contributed by atoms with Gasteiger partial charge < -0.3 is 15.2 Å². The summed E-state index contributed by atoms with van der Waals surface area (Å²) in [7, 11) is 0. The molecular formula is C21H19ClN4O4S. The highest BCUT2D eigenvalue weighted by Crippen LogP contribution is 2.25. The zero-order chi connectivity index (χ0) is 22.2. The fourth-order valence-electron chi connectivity index (χ4n) is 2.61. The molecule has 8 nitrogen and oxygen atoms in total. The number of hydrogen-bond donors (Lipinski definition) is 2. The number of allylic oxidation sites excluding steroid dienone is 1. The first-order valence-corrected chi connectivity index (χ1v) is 10.5. The normalized spacial score (nSPS) is 10.5. The lowest BCUT2D eigenvalue weighted by Gasteiger charge is -2.10. The average Bonchev–Trinajstić information content (AvgIpc) is 3.14. The van der Waals surface area contributed by atoms with E-state index in [1.54, 1.807) is 34.9 Å². The number of aromatic nitrogens is 3. The summed E-state index contributed by atoms with van der Waals surface area (Å²) in [5.41, 5.74) is 0.506. The van der Waals surface area contributed by atoms with E-state index in [0.29, 0.717) is 34.0 Å². The number of aromatic carboxylic acids is 1.